The number of aliphatic hydroxyl groups is 1. The lowest BCUT2D eigenvalue weighted by molar-refractivity contribution is 0.0600. The van der Waals surface area contributed by atoms with Crippen LogP contribution in [-0.4, -0.2) is 35.5 Å². The predicted octanol–water partition coefficient (Wildman–Crippen LogP) is 1.59. The number of aliphatic hydroxyl groups excluding tert-OH is 1. The average molecular weight is 241 g/mol. The lowest BCUT2D eigenvalue weighted by Gasteiger charge is -2.07. The largest absolute Gasteiger partial charge is 0.465 e. The molecule has 1 N–H and O–H groups in total. The van der Waals surface area contributed by atoms with E-state index in [4.69, 9.17) is 5.11 Å². The Labute approximate surface area is 99.0 Å². The monoisotopic (exact) mass is 241 g/mol. The summed E-state index contributed by atoms with van der Waals surface area (Å²) in [6, 6.07) is 3.31. The Bertz CT molecular complexity index is 357. The van der Waals surface area contributed by atoms with Gasteiger partial charge in [-0.15, -0.1) is 11.8 Å². The van der Waals surface area contributed by atoms with Gasteiger partial charge in [-0.05, 0) is 18.1 Å². The second kappa shape index (κ2) is 6.50. The molecule has 0 amide bonds. The maximum absolute atomic E-state index is 11.3. The van der Waals surface area contributed by atoms with Gasteiger partial charge < -0.3 is 9.84 Å². The van der Waals surface area contributed by atoms with Crippen LogP contribution in [0.4, 0.5) is 0 Å². The molecule has 1 aromatic heterocycles. The summed E-state index contributed by atoms with van der Waals surface area (Å²) in [6.45, 7) is 2.11. The van der Waals surface area contributed by atoms with Crippen molar-refractivity contribution >= 4 is 17.7 Å². The number of carbonyl (C=O) groups is 1. The first-order chi connectivity index (χ1) is 7.67. The summed E-state index contributed by atoms with van der Waals surface area (Å²) in [6.07, 6.45) is 1.58. The summed E-state index contributed by atoms with van der Waals surface area (Å²) in [7, 11) is 1.35. The van der Waals surface area contributed by atoms with E-state index in [-0.39, 0.29) is 18.5 Å². The molecule has 88 valence electrons. The third kappa shape index (κ3) is 3.83. The molecule has 0 spiro atoms. The van der Waals surface area contributed by atoms with Gasteiger partial charge in [-0.3, -0.25) is 0 Å². The van der Waals surface area contributed by atoms with Gasteiger partial charge in [-0.25, -0.2) is 9.78 Å². The first-order valence-corrected chi connectivity index (χ1v) is 5.94. The molecule has 1 aromatic rings. The SMILES string of the molecule is COC(=O)c1ccnc(SCC(C)CO)c1. The van der Waals surface area contributed by atoms with Crippen LogP contribution in [0.1, 0.15) is 17.3 Å². The third-order valence-corrected chi connectivity index (χ3v) is 3.24. The van der Waals surface area contributed by atoms with Gasteiger partial charge in [0.05, 0.1) is 17.7 Å². The Morgan fingerprint density at radius 3 is 3.06 bits per heavy atom. The predicted molar refractivity (Wildman–Crippen MR) is 62.6 cm³/mol. The van der Waals surface area contributed by atoms with Crippen LogP contribution in [-0.2, 0) is 4.74 Å². The molecular formula is C11H15NO3S. The fourth-order valence-electron chi connectivity index (χ4n) is 1.01. The number of nitrogens with zero attached hydrogens (tertiary/aromatic N) is 1. The summed E-state index contributed by atoms with van der Waals surface area (Å²) in [5.41, 5.74) is 0.497. The molecule has 0 aliphatic rings. The van der Waals surface area contributed by atoms with Crippen molar-refractivity contribution in [1.82, 2.24) is 4.98 Å². The standard InChI is InChI=1S/C11H15NO3S/c1-8(6-13)7-16-10-5-9(3-4-12-10)11(14)15-2/h3-5,8,13H,6-7H2,1-2H3. The molecular weight excluding hydrogens is 226 g/mol. The van der Waals surface area contributed by atoms with Crippen molar-refractivity contribution in [3.8, 4) is 0 Å². The Hall–Kier alpha value is -1.07. The van der Waals surface area contributed by atoms with E-state index < -0.39 is 0 Å². The smallest absolute Gasteiger partial charge is 0.337 e. The molecule has 0 radical (unpaired) electrons. The number of rotatable bonds is 5. The molecule has 1 heterocycles. The number of hydrogen-bond acceptors (Lipinski definition) is 5. The van der Waals surface area contributed by atoms with Gasteiger partial charge in [0.2, 0.25) is 0 Å². The van der Waals surface area contributed by atoms with Gasteiger partial charge >= 0.3 is 5.97 Å². The quantitative estimate of drug-likeness (QED) is 0.626. The molecule has 0 saturated heterocycles. The van der Waals surface area contributed by atoms with Gasteiger partial charge in [-0.1, -0.05) is 6.92 Å². The second-order valence-corrected chi connectivity index (χ2v) is 4.51. The summed E-state index contributed by atoms with van der Waals surface area (Å²) in [5, 5.41) is 9.65. The molecule has 16 heavy (non-hydrogen) atoms. The topological polar surface area (TPSA) is 59.4 Å². The molecule has 4 nitrogen and oxygen atoms in total. The number of pyridine rings is 1. The Morgan fingerprint density at radius 1 is 1.69 bits per heavy atom. The average Bonchev–Trinajstić information content (AvgIpc) is 2.35. The molecule has 0 fully saturated rings. The number of methoxy groups -OCH3 is 1. The van der Waals surface area contributed by atoms with Crippen LogP contribution in [0.15, 0.2) is 23.4 Å². The fraction of sp³-hybridized carbons (Fsp3) is 0.455. The first kappa shape index (κ1) is 13.0. The van der Waals surface area contributed by atoms with E-state index >= 15 is 0 Å². The highest BCUT2D eigenvalue weighted by atomic mass is 32.2. The van der Waals surface area contributed by atoms with E-state index in [9.17, 15) is 4.79 Å². The number of hydrogen-bond donors (Lipinski definition) is 1. The number of ether oxygens (including phenoxy) is 1. The first-order valence-electron chi connectivity index (χ1n) is 4.95. The normalized spacial score (nSPS) is 12.2. The molecule has 0 bridgehead atoms. The van der Waals surface area contributed by atoms with E-state index in [0.717, 1.165) is 10.8 Å². The molecule has 5 heteroatoms. The van der Waals surface area contributed by atoms with Crippen molar-refractivity contribution in [3.05, 3.63) is 23.9 Å². The highest BCUT2D eigenvalue weighted by Crippen LogP contribution is 2.19. The third-order valence-electron chi connectivity index (χ3n) is 1.98. The summed E-state index contributed by atoms with van der Waals surface area (Å²) >= 11 is 1.52. The molecule has 0 aliphatic carbocycles. The van der Waals surface area contributed by atoms with Crippen molar-refractivity contribution in [1.29, 1.82) is 0 Å². The van der Waals surface area contributed by atoms with Crippen LogP contribution >= 0.6 is 11.8 Å². The van der Waals surface area contributed by atoms with Crippen molar-refractivity contribution < 1.29 is 14.6 Å². The van der Waals surface area contributed by atoms with Gasteiger partial charge in [-0.2, -0.15) is 0 Å². The number of esters is 1. The molecule has 0 aliphatic heterocycles. The van der Waals surface area contributed by atoms with Crippen LogP contribution in [0, 0.1) is 5.92 Å². The lowest BCUT2D eigenvalue weighted by atomic mass is 10.2. The van der Waals surface area contributed by atoms with Crippen LogP contribution in [0.5, 0.6) is 0 Å². The number of aromatic nitrogens is 1. The lowest BCUT2D eigenvalue weighted by Crippen LogP contribution is -2.04. The summed E-state index contributed by atoms with van der Waals surface area (Å²) in [5.74, 6) is 0.627. The van der Waals surface area contributed by atoms with Gasteiger partial charge in [0.25, 0.3) is 0 Å². The van der Waals surface area contributed by atoms with E-state index in [2.05, 4.69) is 9.72 Å². The van der Waals surface area contributed by atoms with Gasteiger partial charge in [0.15, 0.2) is 0 Å². The van der Waals surface area contributed by atoms with E-state index in [1.54, 1.807) is 18.3 Å². The second-order valence-electron chi connectivity index (χ2n) is 3.47. The molecule has 0 saturated carbocycles. The molecule has 1 rings (SSSR count). The maximum atomic E-state index is 11.3. The van der Waals surface area contributed by atoms with Crippen LogP contribution in [0.25, 0.3) is 0 Å². The fourth-order valence-corrected chi connectivity index (χ4v) is 1.92. The Kier molecular flexibility index (Phi) is 5.28. The van der Waals surface area contributed by atoms with E-state index in [1.165, 1.54) is 18.9 Å². The summed E-state index contributed by atoms with van der Waals surface area (Å²) in [4.78, 5) is 15.4. The van der Waals surface area contributed by atoms with Crippen molar-refractivity contribution in [2.45, 2.75) is 11.9 Å². The van der Waals surface area contributed by atoms with Crippen LogP contribution in [0.3, 0.4) is 0 Å². The van der Waals surface area contributed by atoms with Crippen molar-refractivity contribution in [2.75, 3.05) is 19.5 Å². The van der Waals surface area contributed by atoms with Crippen LogP contribution < -0.4 is 0 Å². The number of carbonyl (C=O) groups excluding carboxylic acids is 1. The van der Waals surface area contributed by atoms with Crippen molar-refractivity contribution in [3.63, 3.8) is 0 Å². The summed E-state index contributed by atoms with van der Waals surface area (Å²) < 4.78 is 4.62. The minimum Gasteiger partial charge on any atom is -0.465 e. The Morgan fingerprint density at radius 2 is 2.44 bits per heavy atom. The maximum Gasteiger partial charge on any atom is 0.337 e. The van der Waals surface area contributed by atoms with Gasteiger partial charge in [0.1, 0.15) is 0 Å². The zero-order valence-corrected chi connectivity index (χ0v) is 10.2. The van der Waals surface area contributed by atoms with E-state index in [0.29, 0.717) is 5.56 Å². The molecule has 1 unspecified atom stereocenters. The minimum atomic E-state index is -0.362. The van der Waals surface area contributed by atoms with Gasteiger partial charge in [0, 0.05) is 18.6 Å². The van der Waals surface area contributed by atoms with E-state index in [1.807, 2.05) is 6.92 Å². The van der Waals surface area contributed by atoms with Crippen molar-refractivity contribution in [2.24, 2.45) is 5.92 Å². The minimum absolute atomic E-state index is 0.156. The molecule has 0 aromatic carbocycles. The zero-order chi connectivity index (χ0) is 12.0. The highest BCUT2D eigenvalue weighted by Gasteiger charge is 2.08. The van der Waals surface area contributed by atoms with Crippen LogP contribution in [0.2, 0.25) is 0 Å². The molecule has 1 atom stereocenters. The highest BCUT2D eigenvalue weighted by molar-refractivity contribution is 7.99. The zero-order valence-electron chi connectivity index (χ0n) is 9.34. The number of thioether (sulfide) groups is 1. The Balaban J connectivity index is 2.64.